The molecule has 1 heteroatoms. The van der Waals surface area contributed by atoms with Crippen molar-refractivity contribution in [3.63, 3.8) is 0 Å². The Morgan fingerprint density at radius 3 is 1.90 bits per heavy atom. The fourth-order valence-electron chi connectivity index (χ4n) is 3.40. The lowest BCUT2D eigenvalue weighted by molar-refractivity contribution is 0.272. The first-order valence-corrected chi connectivity index (χ1v) is 7.71. The van der Waals surface area contributed by atoms with Crippen LogP contribution in [0.4, 0.5) is 0 Å². The molecule has 20 heavy (non-hydrogen) atoms. The maximum Gasteiger partial charge on any atom is 0.0616 e. The fourth-order valence-corrected chi connectivity index (χ4v) is 3.40. The Balaban J connectivity index is 1.81. The van der Waals surface area contributed by atoms with Crippen LogP contribution in [-0.4, -0.2) is 11.2 Å². The zero-order chi connectivity index (χ0) is 13.5. The number of rotatable bonds is 3. The van der Waals surface area contributed by atoms with Gasteiger partial charge in [-0.1, -0.05) is 55.0 Å². The second kappa shape index (κ2) is 4.75. The monoisotopic (exact) mass is 264 g/mol. The number of hydrogen-bond donors (Lipinski definition) is 1. The summed E-state index contributed by atoms with van der Waals surface area (Å²) in [6.07, 6.45) is 4.80. The first-order chi connectivity index (χ1) is 9.84. The van der Waals surface area contributed by atoms with E-state index in [-0.39, 0.29) is 6.10 Å². The maximum atomic E-state index is 9.79. The molecule has 0 spiro atoms. The van der Waals surface area contributed by atoms with Crippen molar-refractivity contribution in [1.82, 2.24) is 0 Å². The minimum absolute atomic E-state index is 0.132. The zero-order valence-electron chi connectivity index (χ0n) is 11.6. The van der Waals surface area contributed by atoms with Crippen LogP contribution in [0.3, 0.4) is 0 Å². The molecule has 2 aromatic rings. The first-order valence-electron chi connectivity index (χ1n) is 7.71. The van der Waals surface area contributed by atoms with E-state index in [0.29, 0.717) is 5.92 Å². The number of aliphatic hydroxyl groups excluding tert-OH is 1. The quantitative estimate of drug-likeness (QED) is 0.867. The molecule has 1 N–H and O–H groups in total. The van der Waals surface area contributed by atoms with Gasteiger partial charge < -0.3 is 5.11 Å². The lowest BCUT2D eigenvalue weighted by Crippen LogP contribution is -2.10. The van der Waals surface area contributed by atoms with Crippen molar-refractivity contribution in [2.75, 3.05) is 0 Å². The Kier molecular flexibility index (Phi) is 2.89. The Hall–Kier alpha value is -1.60. The van der Waals surface area contributed by atoms with Gasteiger partial charge in [-0.25, -0.2) is 0 Å². The van der Waals surface area contributed by atoms with Crippen LogP contribution in [-0.2, 0) is 0 Å². The molecular formula is C19H20O. The summed E-state index contributed by atoms with van der Waals surface area (Å²) in [5.41, 5.74) is 5.54. The van der Waals surface area contributed by atoms with Crippen molar-refractivity contribution >= 4 is 0 Å². The zero-order valence-corrected chi connectivity index (χ0v) is 11.6. The molecule has 0 heterocycles. The smallest absolute Gasteiger partial charge is 0.0616 e. The van der Waals surface area contributed by atoms with Gasteiger partial charge in [0, 0.05) is 5.92 Å². The predicted octanol–water partition coefficient (Wildman–Crippen LogP) is 4.47. The van der Waals surface area contributed by atoms with E-state index >= 15 is 0 Å². The third-order valence-electron chi connectivity index (χ3n) is 4.91. The van der Waals surface area contributed by atoms with Gasteiger partial charge in [-0.2, -0.15) is 0 Å². The van der Waals surface area contributed by atoms with Gasteiger partial charge in [-0.3, -0.25) is 0 Å². The summed E-state index contributed by atoms with van der Waals surface area (Å²) in [5, 5.41) is 9.79. The van der Waals surface area contributed by atoms with E-state index in [1.54, 1.807) is 0 Å². The minimum Gasteiger partial charge on any atom is -0.392 e. The van der Waals surface area contributed by atoms with Gasteiger partial charge in [0.25, 0.3) is 0 Å². The van der Waals surface area contributed by atoms with E-state index in [4.69, 9.17) is 0 Å². The molecule has 0 saturated heterocycles. The molecule has 0 amide bonds. The fraction of sp³-hybridized carbons (Fsp3) is 0.368. The molecule has 0 bridgehead atoms. The maximum absolute atomic E-state index is 9.79. The van der Waals surface area contributed by atoms with Crippen molar-refractivity contribution in [2.45, 2.75) is 43.6 Å². The summed E-state index contributed by atoms with van der Waals surface area (Å²) < 4.78 is 0. The van der Waals surface area contributed by atoms with Crippen LogP contribution in [0.15, 0.2) is 48.5 Å². The van der Waals surface area contributed by atoms with Gasteiger partial charge in [-0.05, 0) is 47.4 Å². The third-order valence-corrected chi connectivity index (χ3v) is 4.91. The van der Waals surface area contributed by atoms with Gasteiger partial charge in [0.05, 0.1) is 6.10 Å². The van der Waals surface area contributed by atoms with Crippen LogP contribution in [0.1, 0.15) is 48.6 Å². The van der Waals surface area contributed by atoms with Gasteiger partial charge in [0.2, 0.25) is 0 Å². The van der Waals surface area contributed by atoms with Crippen LogP contribution in [0.2, 0.25) is 0 Å². The molecule has 2 aliphatic rings. The third kappa shape index (κ3) is 1.97. The lowest BCUT2D eigenvalue weighted by atomic mass is 9.76. The SMILES string of the molecule is OC1C[C@@H]1c1ccccc1-c1ccccc1C1CCC1. The van der Waals surface area contributed by atoms with Gasteiger partial charge in [0.1, 0.15) is 0 Å². The molecule has 102 valence electrons. The van der Waals surface area contributed by atoms with Crippen molar-refractivity contribution < 1.29 is 5.11 Å². The Bertz CT molecular complexity index is 581. The van der Waals surface area contributed by atoms with Gasteiger partial charge in [0.15, 0.2) is 0 Å². The summed E-state index contributed by atoms with van der Waals surface area (Å²) in [6, 6.07) is 17.5. The Morgan fingerprint density at radius 2 is 1.35 bits per heavy atom. The van der Waals surface area contributed by atoms with E-state index in [1.165, 1.54) is 41.5 Å². The molecule has 2 saturated carbocycles. The highest BCUT2D eigenvalue weighted by atomic mass is 16.3. The normalized spacial score (nSPS) is 25.2. The highest BCUT2D eigenvalue weighted by Gasteiger charge is 2.38. The summed E-state index contributed by atoms with van der Waals surface area (Å²) in [7, 11) is 0. The molecule has 0 aliphatic heterocycles. The predicted molar refractivity (Wildman–Crippen MR) is 81.8 cm³/mol. The van der Waals surface area contributed by atoms with E-state index < -0.39 is 0 Å². The second-order valence-electron chi connectivity index (χ2n) is 6.21. The molecule has 4 rings (SSSR count). The molecule has 1 nitrogen and oxygen atoms in total. The van der Waals surface area contributed by atoms with Crippen LogP contribution in [0.5, 0.6) is 0 Å². The summed E-state index contributed by atoms with van der Waals surface area (Å²) in [5.74, 6) is 1.09. The molecule has 2 atom stereocenters. The van der Waals surface area contributed by atoms with E-state index in [1.807, 2.05) is 0 Å². The molecule has 2 aliphatic carbocycles. The minimum atomic E-state index is -0.132. The average Bonchev–Trinajstić information content (AvgIpc) is 3.15. The van der Waals surface area contributed by atoms with Crippen molar-refractivity contribution in [3.8, 4) is 11.1 Å². The van der Waals surface area contributed by atoms with Gasteiger partial charge in [-0.15, -0.1) is 0 Å². The van der Waals surface area contributed by atoms with E-state index in [9.17, 15) is 5.11 Å². The lowest BCUT2D eigenvalue weighted by Gasteiger charge is -2.28. The summed E-state index contributed by atoms with van der Waals surface area (Å²) in [6.45, 7) is 0. The highest BCUT2D eigenvalue weighted by molar-refractivity contribution is 5.72. The molecule has 0 aromatic heterocycles. The summed E-state index contributed by atoms with van der Waals surface area (Å²) >= 11 is 0. The van der Waals surface area contributed by atoms with Crippen LogP contribution < -0.4 is 0 Å². The Labute approximate surface area is 120 Å². The average molecular weight is 264 g/mol. The first kappa shape index (κ1) is 12.2. The van der Waals surface area contributed by atoms with E-state index in [2.05, 4.69) is 48.5 Å². The molecule has 1 unspecified atom stereocenters. The largest absolute Gasteiger partial charge is 0.392 e. The standard InChI is InChI=1S/C19H20O/c20-19-12-18(19)17-11-4-3-10-16(17)15-9-2-1-8-14(15)13-6-5-7-13/h1-4,8-11,13,18-20H,5-7,12H2/t18-,19?/m1/s1. The van der Waals surface area contributed by atoms with Crippen molar-refractivity contribution in [2.24, 2.45) is 0 Å². The Morgan fingerprint density at radius 1 is 0.800 bits per heavy atom. The highest BCUT2D eigenvalue weighted by Crippen LogP contribution is 2.47. The molecule has 2 aromatic carbocycles. The second-order valence-corrected chi connectivity index (χ2v) is 6.21. The molecule has 0 radical (unpaired) electrons. The van der Waals surface area contributed by atoms with Crippen LogP contribution >= 0.6 is 0 Å². The molecule has 2 fully saturated rings. The molecular weight excluding hydrogens is 244 g/mol. The number of benzene rings is 2. The van der Waals surface area contributed by atoms with E-state index in [0.717, 1.165) is 12.3 Å². The number of hydrogen-bond acceptors (Lipinski definition) is 1. The van der Waals surface area contributed by atoms with Gasteiger partial charge >= 0.3 is 0 Å². The number of aliphatic hydroxyl groups is 1. The topological polar surface area (TPSA) is 20.2 Å². The van der Waals surface area contributed by atoms with Crippen molar-refractivity contribution in [1.29, 1.82) is 0 Å². The van der Waals surface area contributed by atoms with Crippen LogP contribution in [0, 0.1) is 0 Å². The van der Waals surface area contributed by atoms with Crippen molar-refractivity contribution in [3.05, 3.63) is 59.7 Å². The summed E-state index contributed by atoms with van der Waals surface area (Å²) in [4.78, 5) is 0. The van der Waals surface area contributed by atoms with Crippen LogP contribution in [0.25, 0.3) is 11.1 Å².